The third kappa shape index (κ3) is 2.07. The van der Waals surface area contributed by atoms with Gasteiger partial charge in [0.2, 0.25) is 0 Å². The Morgan fingerprint density at radius 1 is 1.14 bits per heavy atom. The maximum atomic E-state index is 6.10. The van der Waals surface area contributed by atoms with Gasteiger partial charge in [0.1, 0.15) is 11.3 Å². The number of thiazole rings is 1. The lowest BCUT2D eigenvalue weighted by Crippen LogP contribution is -1.86. The van der Waals surface area contributed by atoms with Crippen LogP contribution in [0.3, 0.4) is 0 Å². The van der Waals surface area contributed by atoms with E-state index in [2.05, 4.69) is 10.5 Å². The topological polar surface area (TPSA) is 26.5 Å². The molecular weight excluding hydrogens is 339 g/mol. The summed E-state index contributed by atoms with van der Waals surface area (Å²) in [6.07, 6.45) is 2.00. The number of para-hydroxylation sites is 1. The van der Waals surface area contributed by atoms with E-state index in [9.17, 15) is 0 Å². The number of ether oxygens (including phenoxy) is 1. The van der Waals surface area contributed by atoms with Gasteiger partial charge >= 0.3 is 0 Å². The molecule has 2 aromatic carbocycles. The summed E-state index contributed by atoms with van der Waals surface area (Å²) in [5, 5.41) is 1.07. The first-order valence-electron chi connectivity index (χ1n) is 6.57. The van der Waals surface area contributed by atoms with Gasteiger partial charge in [0.05, 0.1) is 27.5 Å². The highest BCUT2D eigenvalue weighted by Crippen LogP contribution is 2.35. The molecule has 0 aliphatic carbocycles. The van der Waals surface area contributed by atoms with E-state index in [4.69, 9.17) is 32.9 Å². The van der Waals surface area contributed by atoms with Crippen molar-refractivity contribution in [3.05, 3.63) is 52.6 Å². The van der Waals surface area contributed by atoms with Crippen LogP contribution in [0.1, 0.15) is 0 Å². The molecule has 4 aromatic rings. The molecule has 22 heavy (non-hydrogen) atoms. The minimum Gasteiger partial charge on any atom is -0.495 e. The highest BCUT2D eigenvalue weighted by molar-refractivity contribution is 7.23. The first kappa shape index (κ1) is 13.9. The minimum atomic E-state index is 0.526. The maximum absolute atomic E-state index is 6.10. The lowest BCUT2D eigenvalue weighted by atomic mass is 10.2. The van der Waals surface area contributed by atoms with Gasteiger partial charge < -0.3 is 4.74 Å². The van der Waals surface area contributed by atoms with Gasteiger partial charge in [0, 0.05) is 11.8 Å². The summed E-state index contributed by atoms with van der Waals surface area (Å²) in [6.45, 7) is 0. The van der Waals surface area contributed by atoms with E-state index in [1.807, 2.05) is 30.5 Å². The molecular formula is C16H10Cl2N2OS. The van der Waals surface area contributed by atoms with Crippen LogP contribution in [-0.4, -0.2) is 16.5 Å². The van der Waals surface area contributed by atoms with Crippen LogP contribution in [0.25, 0.3) is 26.4 Å². The second kappa shape index (κ2) is 5.16. The average molecular weight is 349 g/mol. The number of imidazole rings is 1. The third-order valence-corrected chi connectivity index (χ3v) is 5.27. The summed E-state index contributed by atoms with van der Waals surface area (Å²) in [6, 6.07) is 11.5. The molecule has 2 heterocycles. The van der Waals surface area contributed by atoms with Crippen molar-refractivity contribution in [3.63, 3.8) is 0 Å². The lowest BCUT2D eigenvalue weighted by molar-refractivity contribution is 0.418. The molecule has 110 valence electrons. The Morgan fingerprint density at radius 2 is 2.00 bits per heavy atom. The molecule has 0 fully saturated rings. The van der Waals surface area contributed by atoms with Gasteiger partial charge in [-0.1, -0.05) is 46.7 Å². The highest BCUT2D eigenvalue weighted by Gasteiger charge is 2.14. The van der Waals surface area contributed by atoms with Gasteiger partial charge in [0.25, 0.3) is 0 Å². The highest BCUT2D eigenvalue weighted by atomic mass is 35.5. The van der Waals surface area contributed by atoms with E-state index in [0.717, 1.165) is 32.2 Å². The van der Waals surface area contributed by atoms with E-state index in [1.54, 1.807) is 24.5 Å². The van der Waals surface area contributed by atoms with Crippen molar-refractivity contribution in [1.82, 2.24) is 9.38 Å². The summed E-state index contributed by atoms with van der Waals surface area (Å²) in [5.74, 6) is 0.835. The number of aromatic nitrogens is 2. The number of rotatable bonds is 2. The number of methoxy groups -OCH3 is 1. The Balaban J connectivity index is 1.96. The molecule has 2 aromatic heterocycles. The fourth-order valence-corrected chi connectivity index (χ4v) is 3.80. The zero-order chi connectivity index (χ0) is 15.3. The molecule has 0 atom stereocenters. The molecule has 0 spiro atoms. The lowest BCUT2D eigenvalue weighted by Gasteiger charge is -2.01. The Morgan fingerprint density at radius 3 is 2.77 bits per heavy atom. The zero-order valence-electron chi connectivity index (χ0n) is 11.5. The van der Waals surface area contributed by atoms with Gasteiger partial charge in [-0.15, -0.1) is 0 Å². The number of hydrogen-bond donors (Lipinski definition) is 0. The van der Waals surface area contributed by atoms with E-state index in [-0.39, 0.29) is 0 Å². The molecule has 0 amide bonds. The quantitative estimate of drug-likeness (QED) is 0.476. The number of fused-ring (bicyclic) bond motifs is 3. The van der Waals surface area contributed by atoms with Crippen molar-refractivity contribution in [2.75, 3.05) is 7.11 Å². The smallest absolute Gasteiger partial charge is 0.195 e. The van der Waals surface area contributed by atoms with Crippen molar-refractivity contribution in [3.8, 4) is 17.0 Å². The molecule has 0 aliphatic rings. The maximum Gasteiger partial charge on any atom is 0.195 e. The molecule has 0 radical (unpaired) electrons. The van der Waals surface area contributed by atoms with Gasteiger partial charge in [-0.3, -0.25) is 4.40 Å². The van der Waals surface area contributed by atoms with Crippen LogP contribution in [0.4, 0.5) is 0 Å². The van der Waals surface area contributed by atoms with Crippen molar-refractivity contribution < 1.29 is 4.74 Å². The van der Waals surface area contributed by atoms with Gasteiger partial charge in [-0.25, -0.2) is 4.98 Å². The van der Waals surface area contributed by atoms with Crippen molar-refractivity contribution in [2.45, 2.75) is 0 Å². The predicted molar refractivity (Wildman–Crippen MR) is 92.6 cm³/mol. The SMILES string of the molecule is COc1cccc2sc3nc(-c4ccc(Cl)c(Cl)c4)cn3c12. The monoisotopic (exact) mass is 348 g/mol. The standard InChI is InChI=1S/C16H10Cl2N2OS/c1-21-13-3-2-4-14-15(13)20-8-12(19-16(20)22-14)9-5-6-10(17)11(18)7-9/h2-8H,1H3. The van der Waals surface area contributed by atoms with Crippen LogP contribution >= 0.6 is 34.5 Å². The number of nitrogens with zero attached hydrogens (tertiary/aromatic N) is 2. The molecule has 0 aliphatic heterocycles. The Hall–Kier alpha value is -1.75. The average Bonchev–Trinajstić information content (AvgIpc) is 3.07. The summed E-state index contributed by atoms with van der Waals surface area (Å²) >= 11 is 13.7. The Labute approximate surface area is 140 Å². The largest absolute Gasteiger partial charge is 0.495 e. The zero-order valence-corrected chi connectivity index (χ0v) is 13.8. The van der Waals surface area contributed by atoms with Gasteiger partial charge in [-0.05, 0) is 24.3 Å². The molecule has 0 bridgehead atoms. The molecule has 3 nitrogen and oxygen atoms in total. The summed E-state index contributed by atoms with van der Waals surface area (Å²) in [4.78, 5) is 5.61. The fourth-order valence-electron chi connectivity index (χ4n) is 2.48. The van der Waals surface area contributed by atoms with Crippen LogP contribution < -0.4 is 4.74 Å². The van der Waals surface area contributed by atoms with Crippen molar-refractivity contribution in [1.29, 1.82) is 0 Å². The van der Waals surface area contributed by atoms with E-state index in [1.165, 1.54) is 0 Å². The molecule has 0 unspecified atom stereocenters. The number of halogens is 2. The minimum absolute atomic E-state index is 0.526. The molecule has 6 heteroatoms. The van der Waals surface area contributed by atoms with Crippen LogP contribution in [0, 0.1) is 0 Å². The van der Waals surface area contributed by atoms with Crippen LogP contribution in [-0.2, 0) is 0 Å². The normalized spacial score (nSPS) is 11.4. The van der Waals surface area contributed by atoms with Crippen molar-refractivity contribution in [2.24, 2.45) is 0 Å². The van der Waals surface area contributed by atoms with Gasteiger partial charge in [-0.2, -0.15) is 0 Å². The van der Waals surface area contributed by atoms with Crippen LogP contribution in [0.2, 0.25) is 10.0 Å². The molecule has 0 N–H and O–H groups in total. The summed E-state index contributed by atoms with van der Waals surface area (Å²) in [7, 11) is 1.68. The van der Waals surface area contributed by atoms with E-state index in [0.29, 0.717) is 10.0 Å². The molecule has 0 saturated heterocycles. The molecule has 4 rings (SSSR count). The summed E-state index contributed by atoms with van der Waals surface area (Å²) < 4.78 is 8.66. The first-order chi connectivity index (χ1) is 10.7. The Kier molecular flexibility index (Phi) is 3.26. The van der Waals surface area contributed by atoms with E-state index >= 15 is 0 Å². The second-order valence-corrected chi connectivity index (χ2v) is 6.64. The summed E-state index contributed by atoms with van der Waals surface area (Å²) in [5.41, 5.74) is 2.83. The van der Waals surface area contributed by atoms with Gasteiger partial charge in [0.15, 0.2) is 4.96 Å². The Bertz CT molecular complexity index is 1010. The fraction of sp³-hybridized carbons (Fsp3) is 0.0625. The van der Waals surface area contributed by atoms with Crippen LogP contribution in [0.15, 0.2) is 42.6 Å². The van der Waals surface area contributed by atoms with E-state index < -0.39 is 0 Å². The predicted octanol–water partition coefficient (Wildman–Crippen LogP) is 5.53. The van der Waals surface area contributed by atoms with Crippen LogP contribution in [0.5, 0.6) is 5.75 Å². The second-order valence-electron chi connectivity index (χ2n) is 4.82. The molecule has 0 saturated carbocycles. The third-order valence-electron chi connectivity index (χ3n) is 3.51. The number of benzene rings is 2. The first-order valence-corrected chi connectivity index (χ1v) is 8.14. The number of hydrogen-bond acceptors (Lipinski definition) is 3. The van der Waals surface area contributed by atoms with Crippen molar-refractivity contribution >= 4 is 49.7 Å².